The monoisotopic (exact) mass is 419 g/mol. The highest BCUT2D eigenvalue weighted by Crippen LogP contribution is 2.44. The smallest absolute Gasteiger partial charge is 0.300 e. The van der Waals surface area contributed by atoms with Crippen molar-refractivity contribution in [2.75, 3.05) is 4.90 Å². The van der Waals surface area contributed by atoms with Crippen molar-refractivity contribution in [3.63, 3.8) is 0 Å². The molecule has 4 rings (SSSR count). The summed E-state index contributed by atoms with van der Waals surface area (Å²) in [5, 5.41) is 21.0. The van der Waals surface area contributed by atoms with Gasteiger partial charge >= 0.3 is 0 Å². The van der Waals surface area contributed by atoms with Gasteiger partial charge in [0, 0.05) is 16.3 Å². The quantitative estimate of drug-likeness (QED) is 0.356. The molecular formula is C24H18ClNO4. The number of aryl methyl sites for hydroxylation is 1. The molecule has 1 saturated heterocycles. The number of halogens is 1. The Kier molecular flexibility index (Phi) is 5.06. The number of nitrogens with zero attached hydrogens (tertiary/aromatic N) is 1. The van der Waals surface area contributed by atoms with Crippen LogP contribution in [-0.2, 0) is 9.59 Å². The molecule has 0 unspecified atom stereocenters. The van der Waals surface area contributed by atoms with Gasteiger partial charge in [0.05, 0.1) is 11.6 Å². The molecule has 2 N–H and O–H groups in total. The highest BCUT2D eigenvalue weighted by atomic mass is 35.5. The van der Waals surface area contributed by atoms with Crippen LogP contribution in [0.15, 0.2) is 78.4 Å². The summed E-state index contributed by atoms with van der Waals surface area (Å²) in [7, 11) is 0. The molecule has 1 atom stereocenters. The van der Waals surface area contributed by atoms with E-state index in [0.717, 1.165) is 5.56 Å². The summed E-state index contributed by atoms with van der Waals surface area (Å²) in [6.45, 7) is 1.91. The van der Waals surface area contributed by atoms with E-state index in [9.17, 15) is 19.8 Å². The van der Waals surface area contributed by atoms with Gasteiger partial charge in [0.25, 0.3) is 11.7 Å². The molecule has 3 aromatic rings. The van der Waals surface area contributed by atoms with Crippen molar-refractivity contribution >= 4 is 34.7 Å². The van der Waals surface area contributed by atoms with Gasteiger partial charge < -0.3 is 10.2 Å². The summed E-state index contributed by atoms with van der Waals surface area (Å²) in [6, 6.07) is 18.9. The third-order valence-electron chi connectivity index (χ3n) is 5.10. The van der Waals surface area contributed by atoms with Crippen molar-refractivity contribution < 1.29 is 19.8 Å². The minimum atomic E-state index is -0.912. The number of phenolic OH excluding ortho intramolecular Hbond substituents is 1. The van der Waals surface area contributed by atoms with Crippen molar-refractivity contribution in [1.82, 2.24) is 0 Å². The lowest BCUT2D eigenvalue weighted by Gasteiger charge is -2.26. The average molecular weight is 420 g/mol. The van der Waals surface area contributed by atoms with Crippen molar-refractivity contribution in [2.45, 2.75) is 13.0 Å². The zero-order valence-electron chi connectivity index (χ0n) is 16.0. The van der Waals surface area contributed by atoms with E-state index < -0.39 is 17.7 Å². The molecule has 30 heavy (non-hydrogen) atoms. The Balaban J connectivity index is 1.96. The van der Waals surface area contributed by atoms with Crippen LogP contribution in [0.5, 0.6) is 5.75 Å². The maximum Gasteiger partial charge on any atom is 0.300 e. The fourth-order valence-electron chi connectivity index (χ4n) is 3.57. The van der Waals surface area contributed by atoms with Crippen LogP contribution in [0, 0.1) is 6.92 Å². The summed E-state index contributed by atoms with van der Waals surface area (Å²) in [5.74, 6) is -1.81. The van der Waals surface area contributed by atoms with Crippen molar-refractivity contribution in [3.05, 3.63) is 100 Å². The summed E-state index contributed by atoms with van der Waals surface area (Å²) in [6.07, 6.45) is 0. The number of ketones is 1. The lowest BCUT2D eigenvalue weighted by Crippen LogP contribution is -2.29. The number of carbonyl (C=O) groups is 2. The molecule has 0 saturated carbocycles. The Bertz CT molecular complexity index is 1170. The van der Waals surface area contributed by atoms with Crippen LogP contribution in [0.1, 0.15) is 22.7 Å². The Morgan fingerprint density at radius 3 is 2.20 bits per heavy atom. The number of rotatable bonds is 3. The van der Waals surface area contributed by atoms with Crippen LogP contribution >= 0.6 is 11.6 Å². The average Bonchev–Trinajstić information content (AvgIpc) is 3.00. The fourth-order valence-corrected chi connectivity index (χ4v) is 3.81. The first-order chi connectivity index (χ1) is 14.4. The summed E-state index contributed by atoms with van der Waals surface area (Å²) >= 11 is 6.42. The molecule has 1 amide bonds. The molecule has 1 fully saturated rings. The molecule has 1 aliphatic heterocycles. The number of Topliss-reactive ketones (excluding diaryl/α,β-unsaturated/α-hetero) is 1. The van der Waals surface area contributed by atoms with E-state index in [0.29, 0.717) is 21.8 Å². The van der Waals surface area contributed by atoms with Crippen LogP contribution in [0.3, 0.4) is 0 Å². The molecule has 0 spiro atoms. The maximum atomic E-state index is 13.0. The van der Waals surface area contributed by atoms with E-state index in [-0.39, 0.29) is 17.1 Å². The minimum absolute atomic E-state index is 0.0317. The van der Waals surface area contributed by atoms with Crippen LogP contribution < -0.4 is 4.90 Å². The number of hydrogen-bond donors (Lipinski definition) is 2. The van der Waals surface area contributed by atoms with Gasteiger partial charge in [-0.15, -0.1) is 0 Å². The second kappa shape index (κ2) is 7.69. The molecular weight excluding hydrogens is 402 g/mol. The Morgan fingerprint density at radius 2 is 1.57 bits per heavy atom. The first-order valence-electron chi connectivity index (χ1n) is 9.30. The second-order valence-electron chi connectivity index (χ2n) is 7.07. The molecule has 3 aromatic carbocycles. The third-order valence-corrected chi connectivity index (χ3v) is 5.44. The maximum absolute atomic E-state index is 13.0. The van der Waals surface area contributed by atoms with Gasteiger partial charge in [-0.05, 0) is 42.8 Å². The summed E-state index contributed by atoms with van der Waals surface area (Å²) in [4.78, 5) is 27.3. The Morgan fingerprint density at radius 1 is 0.933 bits per heavy atom. The van der Waals surface area contributed by atoms with Crippen molar-refractivity contribution in [3.8, 4) is 5.75 Å². The van der Waals surface area contributed by atoms with Crippen LogP contribution in [0.25, 0.3) is 5.76 Å². The summed E-state index contributed by atoms with van der Waals surface area (Å²) < 4.78 is 0. The van der Waals surface area contributed by atoms with E-state index in [4.69, 9.17) is 11.6 Å². The first kappa shape index (κ1) is 19.7. The van der Waals surface area contributed by atoms with Gasteiger partial charge in [-0.2, -0.15) is 0 Å². The molecule has 0 radical (unpaired) electrons. The van der Waals surface area contributed by atoms with Crippen LogP contribution in [0.2, 0.25) is 5.02 Å². The normalized spacial score (nSPS) is 18.1. The number of phenols is 1. The number of aromatic hydroxyl groups is 1. The lowest BCUT2D eigenvalue weighted by molar-refractivity contribution is -0.132. The van der Waals surface area contributed by atoms with E-state index in [1.807, 2.05) is 19.1 Å². The Labute approximate surface area is 178 Å². The number of amides is 1. The largest absolute Gasteiger partial charge is 0.508 e. The second-order valence-corrected chi connectivity index (χ2v) is 7.48. The minimum Gasteiger partial charge on any atom is -0.508 e. The predicted octanol–water partition coefficient (Wildman–Crippen LogP) is 4.98. The van der Waals surface area contributed by atoms with Crippen molar-refractivity contribution in [1.29, 1.82) is 0 Å². The topological polar surface area (TPSA) is 77.8 Å². The van der Waals surface area contributed by atoms with Crippen molar-refractivity contribution in [2.24, 2.45) is 0 Å². The van der Waals surface area contributed by atoms with Gasteiger partial charge in [0.2, 0.25) is 0 Å². The molecule has 1 heterocycles. The first-order valence-corrected chi connectivity index (χ1v) is 9.68. The Hall–Kier alpha value is -3.57. The van der Waals surface area contributed by atoms with Crippen LogP contribution in [-0.4, -0.2) is 21.9 Å². The molecule has 0 aromatic heterocycles. The molecule has 150 valence electrons. The molecule has 1 aliphatic rings. The predicted molar refractivity (Wildman–Crippen MR) is 116 cm³/mol. The third kappa shape index (κ3) is 3.33. The summed E-state index contributed by atoms with van der Waals surface area (Å²) in [5.41, 5.74) is 2.31. The fraction of sp³-hybridized carbons (Fsp3) is 0.0833. The molecule has 0 bridgehead atoms. The number of hydrogen-bond acceptors (Lipinski definition) is 4. The van der Waals surface area contributed by atoms with E-state index >= 15 is 0 Å². The SMILES string of the molecule is Cc1ccc(C(O)=C2C(=O)C(=O)N(c3ccc(O)cc3)[C@H]2c2ccccc2Cl)cc1. The molecule has 0 aliphatic carbocycles. The molecule has 6 heteroatoms. The van der Waals surface area contributed by atoms with Crippen LogP contribution in [0.4, 0.5) is 5.69 Å². The van der Waals surface area contributed by atoms with E-state index in [2.05, 4.69) is 0 Å². The number of carbonyl (C=O) groups excluding carboxylic acids is 2. The highest BCUT2D eigenvalue weighted by Gasteiger charge is 2.47. The zero-order chi connectivity index (χ0) is 21.4. The van der Waals surface area contributed by atoms with E-state index in [1.165, 1.54) is 29.2 Å². The number of anilines is 1. The number of aliphatic hydroxyl groups is 1. The lowest BCUT2D eigenvalue weighted by atomic mass is 9.95. The zero-order valence-corrected chi connectivity index (χ0v) is 16.8. The van der Waals surface area contributed by atoms with Gasteiger partial charge in [-0.1, -0.05) is 59.6 Å². The van der Waals surface area contributed by atoms with Gasteiger partial charge in [0.15, 0.2) is 0 Å². The number of aliphatic hydroxyl groups excluding tert-OH is 1. The van der Waals surface area contributed by atoms with E-state index in [1.54, 1.807) is 36.4 Å². The number of benzene rings is 3. The van der Waals surface area contributed by atoms with Gasteiger partial charge in [0.1, 0.15) is 11.5 Å². The van der Waals surface area contributed by atoms with Gasteiger partial charge in [-0.25, -0.2) is 0 Å². The highest BCUT2D eigenvalue weighted by molar-refractivity contribution is 6.52. The van der Waals surface area contributed by atoms with Gasteiger partial charge in [-0.3, -0.25) is 14.5 Å². The standard InChI is InChI=1S/C24H18ClNO4/c1-14-6-8-15(9-7-14)22(28)20-21(18-4-2-3-5-19(18)25)26(24(30)23(20)29)16-10-12-17(27)13-11-16/h2-13,21,27-28H,1H3/t21-/m0/s1. The molecule has 5 nitrogen and oxygen atoms in total.